The molecule has 0 N–H and O–H groups in total. The van der Waals surface area contributed by atoms with Crippen LogP contribution in [0.5, 0.6) is 0 Å². The molecule has 0 aliphatic carbocycles. The number of piperidine rings is 1. The lowest BCUT2D eigenvalue weighted by atomic mass is 10.0. The molecular weight excluding hydrogens is 176 g/mol. The van der Waals surface area contributed by atoms with E-state index < -0.39 is 12.5 Å². The molecule has 1 amide bonds. The molecule has 0 radical (unpaired) electrons. The van der Waals surface area contributed by atoms with Gasteiger partial charge in [-0.3, -0.25) is 4.79 Å². The quantitative estimate of drug-likeness (QED) is 0.654. The summed E-state index contributed by atoms with van der Waals surface area (Å²) in [6.07, 6.45) is 0.0418. The van der Waals surface area contributed by atoms with E-state index in [2.05, 4.69) is 0 Å². The van der Waals surface area contributed by atoms with Gasteiger partial charge in [0.15, 0.2) is 0 Å². The first-order chi connectivity index (χ1) is 6.16. The monoisotopic (exact) mass is 191 g/mol. The maximum atomic E-state index is 12.5. The maximum Gasteiger partial charge on any atom is 0.258 e. The van der Waals surface area contributed by atoms with Crippen LogP contribution >= 0.6 is 0 Å². The number of hydrogen-bond acceptors (Lipinski definition) is 1. The SMILES string of the molecule is CCC(=O)N1CCCC[C@@H]1C(F)F. The second-order valence-electron chi connectivity index (χ2n) is 3.34. The van der Waals surface area contributed by atoms with Gasteiger partial charge in [0, 0.05) is 13.0 Å². The highest BCUT2D eigenvalue weighted by molar-refractivity contribution is 5.76. The number of nitrogens with zero attached hydrogens (tertiary/aromatic N) is 1. The fourth-order valence-electron chi connectivity index (χ4n) is 1.73. The van der Waals surface area contributed by atoms with Gasteiger partial charge < -0.3 is 4.90 Å². The Labute approximate surface area is 76.9 Å². The third-order valence-electron chi connectivity index (χ3n) is 2.46. The summed E-state index contributed by atoms with van der Waals surface area (Å²) in [6, 6.07) is -0.832. The Balaban J connectivity index is 2.61. The molecule has 0 unspecified atom stereocenters. The Morgan fingerprint density at radius 3 is 2.77 bits per heavy atom. The zero-order chi connectivity index (χ0) is 9.84. The predicted octanol–water partition coefficient (Wildman–Crippen LogP) is 2.04. The zero-order valence-electron chi connectivity index (χ0n) is 7.80. The van der Waals surface area contributed by atoms with Crippen LogP contribution < -0.4 is 0 Å². The lowest BCUT2D eigenvalue weighted by molar-refractivity contribution is -0.138. The van der Waals surface area contributed by atoms with E-state index in [9.17, 15) is 13.6 Å². The number of hydrogen-bond donors (Lipinski definition) is 0. The topological polar surface area (TPSA) is 20.3 Å². The van der Waals surface area contributed by atoms with Crippen molar-refractivity contribution in [3.63, 3.8) is 0 Å². The summed E-state index contributed by atoms with van der Waals surface area (Å²) < 4.78 is 24.9. The molecule has 1 aliphatic heterocycles. The number of carbonyl (C=O) groups excluding carboxylic acids is 1. The van der Waals surface area contributed by atoms with Crippen LogP contribution in [-0.4, -0.2) is 29.8 Å². The molecule has 1 aliphatic rings. The van der Waals surface area contributed by atoms with Crippen molar-refractivity contribution < 1.29 is 13.6 Å². The second kappa shape index (κ2) is 4.53. The van der Waals surface area contributed by atoms with Crippen molar-refractivity contribution in [2.24, 2.45) is 0 Å². The molecule has 0 aromatic rings. The fraction of sp³-hybridized carbons (Fsp3) is 0.889. The Kier molecular flexibility index (Phi) is 3.63. The first-order valence-electron chi connectivity index (χ1n) is 4.74. The highest BCUT2D eigenvalue weighted by atomic mass is 19.3. The van der Waals surface area contributed by atoms with Gasteiger partial charge in [-0.25, -0.2) is 8.78 Å². The van der Waals surface area contributed by atoms with Crippen LogP contribution in [0.4, 0.5) is 8.78 Å². The van der Waals surface area contributed by atoms with Gasteiger partial charge in [-0.05, 0) is 19.3 Å². The minimum atomic E-state index is -2.39. The normalized spacial score (nSPS) is 23.7. The molecule has 0 saturated carbocycles. The molecule has 0 aromatic heterocycles. The molecule has 0 spiro atoms. The maximum absolute atomic E-state index is 12.5. The number of amides is 1. The molecule has 1 atom stereocenters. The van der Waals surface area contributed by atoms with Crippen LogP contribution in [0.15, 0.2) is 0 Å². The van der Waals surface area contributed by atoms with Gasteiger partial charge in [0.05, 0.1) is 6.04 Å². The Morgan fingerprint density at radius 2 is 2.23 bits per heavy atom. The molecule has 1 heterocycles. The van der Waals surface area contributed by atoms with Crippen LogP contribution in [0, 0.1) is 0 Å². The average Bonchev–Trinajstić information content (AvgIpc) is 2.16. The number of halogens is 2. The summed E-state index contributed by atoms with van der Waals surface area (Å²) in [4.78, 5) is 12.6. The van der Waals surface area contributed by atoms with Gasteiger partial charge in [-0.15, -0.1) is 0 Å². The van der Waals surface area contributed by atoms with Gasteiger partial charge in [-0.2, -0.15) is 0 Å². The third-order valence-corrected chi connectivity index (χ3v) is 2.46. The van der Waals surface area contributed by atoms with Gasteiger partial charge in [0.25, 0.3) is 6.43 Å². The average molecular weight is 191 g/mol. The minimum Gasteiger partial charge on any atom is -0.334 e. The first-order valence-corrected chi connectivity index (χ1v) is 4.74. The Morgan fingerprint density at radius 1 is 1.54 bits per heavy atom. The van der Waals surface area contributed by atoms with E-state index in [1.54, 1.807) is 6.92 Å². The van der Waals surface area contributed by atoms with E-state index >= 15 is 0 Å². The predicted molar refractivity (Wildman–Crippen MR) is 45.6 cm³/mol. The standard InChI is InChI=1S/C9H15F2NO/c1-2-8(13)12-6-4-3-5-7(12)9(10)11/h7,9H,2-6H2,1H3/t7-/m1/s1. The second-order valence-corrected chi connectivity index (χ2v) is 3.34. The summed E-state index contributed by atoms with van der Waals surface area (Å²) in [6.45, 7) is 2.21. The highest BCUT2D eigenvalue weighted by Crippen LogP contribution is 2.22. The van der Waals surface area contributed by atoms with Crippen molar-refractivity contribution in [3.8, 4) is 0 Å². The van der Waals surface area contributed by atoms with Gasteiger partial charge in [0.2, 0.25) is 5.91 Å². The summed E-state index contributed by atoms with van der Waals surface area (Å²) >= 11 is 0. The molecule has 1 rings (SSSR count). The van der Waals surface area contributed by atoms with E-state index in [4.69, 9.17) is 0 Å². The smallest absolute Gasteiger partial charge is 0.258 e. The lowest BCUT2D eigenvalue weighted by Crippen LogP contribution is -2.47. The molecule has 76 valence electrons. The molecule has 0 bridgehead atoms. The van der Waals surface area contributed by atoms with E-state index in [-0.39, 0.29) is 5.91 Å². The molecule has 2 nitrogen and oxygen atoms in total. The Bertz CT molecular complexity index is 184. The Hall–Kier alpha value is -0.670. The van der Waals surface area contributed by atoms with E-state index in [0.29, 0.717) is 19.4 Å². The fourth-order valence-corrected chi connectivity index (χ4v) is 1.73. The van der Waals surface area contributed by atoms with Crippen LogP contribution in [0.2, 0.25) is 0 Å². The van der Waals surface area contributed by atoms with E-state index in [1.807, 2.05) is 0 Å². The molecule has 1 saturated heterocycles. The van der Waals surface area contributed by atoms with Gasteiger partial charge in [-0.1, -0.05) is 6.92 Å². The van der Waals surface area contributed by atoms with Crippen LogP contribution in [0.25, 0.3) is 0 Å². The third kappa shape index (κ3) is 2.39. The van der Waals surface area contributed by atoms with Crippen LogP contribution in [0.1, 0.15) is 32.6 Å². The van der Waals surface area contributed by atoms with E-state index in [1.165, 1.54) is 4.90 Å². The summed E-state index contributed by atoms with van der Waals surface area (Å²) in [7, 11) is 0. The number of carbonyl (C=O) groups is 1. The van der Waals surface area contributed by atoms with Gasteiger partial charge >= 0.3 is 0 Å². The summed E-state index contributed by atoms with van der Waals surface area (Å²) in [5.41, 5.74) is 0. The van der Waals surface area contributed by atoms with Crippen molar-refractivity contribution in [2.75, 3.05) is 6.54 Å². The highest BCUT2D eigenvalue weighted by Gasteiger charge is 2.32. The van der Waals surface area contributed by atoms with Crippen LogP contribution in [0.3, 0.4) is 0 Å². The minimum absolute atomic E-state index is 0.148. The van der Waals surface area contributed by atoms with Crippen molar-refractivity contribution in [2.45, 2.75) is 45.1 Å². The summed E-state index contributed by atoms with van der Waals surface area (Å²) in [5, 5.41) is 0. The van der Waals surface area contributed by atoms with E-state index in [0.717, 1.165) is 12.8 Å². The molecule has 4 heteroatoms. The number of alkyl halides is 2. The van der Waals surface area contributed by atoms with Crippen LogP contribution in [-0.2, 0) is 4.79 Å². The van der Waals surface area contributed by atoms with Gasteiger partial charge in [0.1, 0.15) is 0 Å². The lowest BCUT2D eigenvalue weighted by Gasteiger charge is -2.35. The molecule has 13 heavy (non-hydrogen) atoms. The van der Waals surface area contributed by atoms with Crippen molar-refractivity contribution >= 4 is 5.91 Å². The number of rotatable bonds is 2. The van der Waals surface area contributed by atoms with Crippen molar-refractivity contribution in [1.29, 1.82) is 0 Å². The molecule has 0 aromatic carbocycles. The largest absolute Gasteiger partial charge is 0.334 e. The molecule has 1 fully saturated rings. The van der Waals surface area contributed by atoms with Crippen molar-refractivity contribution in [3.05, 3.63) is 0 Å². The first kappa shape index (κ1) is 10.4. The van der Waals surface area contributed by atoms with Crippen molar-refractivity contribution in [1.82, 2.24) is 4.90 Å². The number of likely N-dealkylation sites (tertiary alicyclic amines) is 1. The molecular formula is C9H15F2NO. The summed E-state index contributed by atoms with van der Waals surface area (Å²) in [5.74, 6) is -0.148. The zero-order valence-corrected chi connectivity index (χ0v) is 7.80.